The summed E-state index contributed by atoms with van der Waals surface area (Å²) in [6, 6.07) is 6.85. The first-order valence-electron chi connectivity index (χ1n) is 11.9. The predicted molar refractivity (Wildman–Crippen MR) is 127 cm³/mol. The van der Waals surface area contributed by atoms with Crippen LogP contribution in [0.2, 0.25) is 0 Å². The van der Waals surface area contributed by atoms with Crippen LogP contribution in [0.1, 0.15) is 43.9 Å². The first kappa shape index (κ1) is 21.4. The highest BCUT2D eigenvalue weighted by molar-refractivity contribution is 5.98. The lowest BCUT2D eigenvalue weighted by Gasteiger charge is -2.28. The Morgan fingerprint density at radius 1 is 1.12 bits per heavy atom. The van der Waals surface area contributed by atoms with E-state index in [4.69, 9.17) is 14.7 Å². The van der Waals surface area contributed by atoms with E-state index in [2.05, 4.69) is 40.3 Å². The average Bonchev–Trinajstić information content (AvgIpc) is 3.26. The fourth-order valence-electron chi connectivity index (χ4n) is 4.79. The molecule has 0 aromatic carbocycles. The van der Waals surface area contributed by atoms with Crippen LogP contribution in [0.4, 0.5) is 5.69 Å². The molecule has 32 heavy (non-hydrogen) atoms. The van der Waals surface area contributed by atoms with Crippen molar-refractivity contribution in [1.82, 2.24) is 19.9 Å². The Kier molecular flexibility index (Phi) is 6.39. The van der Waals surface area contributed by atoms with Gasteiger partial charge in [-0.1, -0.05) is 13.0 Å². The van der Waals surface area contributed by atoms with Gasteiger partial charge in [0.15, 0.2) is 0 Å². The van der Waals surface area contributed by atoms with Crippen LogP contribution in [0, 0.1) is 0 Å². The number of anilines is 1. The number of aromatic amines is 1. The third-order valence-corrected chi connectivity index (χ3v) is 6.75. The van der Waals surface area contributed by atoms with Crippen LogP contribution < -0.4 is 5.32 Å². The van der Waals surface area contributed by atoms with E-state index in [1.165, 1.54) is 11.3 Å². The molecule has 7 nitrogen and oxygen atoms in total. The summed E-state index contributed by atoms with van der Waals surface area (Å²) in [5, 5.41) is 14.8. The van der Waals surface area contributed by atoms with E-state index in [1.54, 1.807) is 0 Å². The molecule has 3 aromatic rings. The largest absolute Gasteiger partial charge is 0.393 e. The van der Waals surface area contributed by atoms with Crippen LogP contribution in [-0.2, 0) is 17.7 Å². The molecule has 1 saturated heterocycles. The molecule has 4 heterocycles. The summed E-state index contributed by atoms with van der Waals surface area (Å²) in [6.45, 7) is 6.61. The maximum Gasteiger partial charge on any atom is 0.139 e. The topological polar surface area (TPSA) is 86.3 Å². The molecule has 0 amide bonds. The first-order chi connectivity index (χ1) is 15.7. The highest BCUT2D eigenvalue weighted by Crippen LogP contribution is 2.35. The molecule has 2 aliphatic rings. The number of hydrogen-bond donors (Lipinski definition) is 3. The smallest absolute Gasteiger partial charge is 0.139 e. The summed E-state index contributed by atoms with van der Waals surface area (Å²) in [7, 11) is 0. The molecule has 0 bridgehead atoms. The summed E-state index contributed by atoms with van der Waals surface area (Å²) in [4.78, 5) is 15.4. The zero-order valence-electron chi connectivity index (χ0n) is 18.8. The van der Waals surface area contributed by atoms with Crippen molar-refractivity contribution >= 4 is 16.7 Å². The number of aromatic nitrogens is 3. The number of fused-ring (bicyclic) bond motifs is 1. The minimum atomic E-state index is -0.162. The highest BCUT2D eigenvalue weighted by atomic mass is 16.5. The van der Waals surface area contributed by atoms with Crippen molar-refractivity contribution in [2.75, 3.05) is 31.6 Å². The van der Waals surface area contributed by atoms with Gasteiger partial charge < -0.3 is 20.1 Å². The van der Waals surface area contributed by atoms with Gasteiger partial charge in [0.05, 0.1) is 30.7 Å². The van der Waals surface area contributed by atoms with E-state index in [-0.39, 0.29) is 6.10 Å². The molecular weight excluding hydrogens is 402 g/mol. The molecule has 5 rings (SSSR count). The first-order valence-corrected chi connectivity index (χ1v) is 11.9. The van der Waals surface area contributed by atoms with Crippen LogP contribution in [0.15, 0.2) is 30.6 Å². The summed E-state index contributed by atoms with van der Waals surface area (Å²) in [5.74, 6) is 0. The molecule has 3 aromatic heterocycles. The Balaban J connectivity index is 1.44. The minimum absolute atomic E-state index is 0.162. The van der Waals surface area contributed by atoms with Crippen molar-refractivity contribution < 1.29 is 9.84 Å². The molecule has 7 heteroatoms. The number of aliphatic hydroxyl groups excluding tert-OH is 1. The fraction of sp³-hybridized carbons (Fsp3) is 0.520. The molecule has 0 unspecified atom stereocenters. The predicted octanol–water partition coefficient (Wildman–Crippen LogP) is 3.73. The lowest BCUT2D eigenvalue weighted by Crippen LogP contribution is -2.35. The van der Waals surface area contributed by atoms with Crippen molar-refractivity contribution in [1.29, 1.82) is 0 Å². The van der Waals surface area contributed by atoms with Crippen LogP contribution >= 0.6 is 0 Å². The van der Waals surface area contributed by atoms with Crippen molar-refractivity contribution in [2.45, 2.75) is 57.7 Å². The van der Waals surface area contributed by atoms with Gasteiger partial charge in [0, 0.05) is 54.7 Å². The van der Waals surface area contributed by atoms with Crippen LogP contribution in [-0.4, -0.2) is 63.4 Å². The second kappa shape index (κ2) is 9.57. The number of rotatable bonds is 6. The van der Waals surface area contributed by atoms with Gasteiger partial charge in [-0.05, 0) is 49.8 Å². The number of morpholine rings is 1. The molecule has 1 aliphatic carbocycles. The lowest BCUT2D eigenvalue weighted by atomic mass is 9.92. The van der Waals surface area contributed by atoms with Gasteiger partial charge in [-0.15, -0.1) is 0 Å². The van der Waals surface area contributed by atoms with E-state index >= 15 is 0 Å². The normalized spacial score (nSPS) is 22.3. The van der Waals surface area contributed by atoms with Gasteiger partial charge >= 0.3 is 0 Å². The standard InChI is InChI=1S/C25H33N5O2/c1-2-18-13-21-24(28-19-4-6-20(31)7-5-19)22(15-27-25(21)29-18)23-8-3-17(14-26-23)16-30-9-11-32-12-10-30/h3,8,13-15,19-20,31H,2,4-7,9-12,16H2,1H3,(H2,27,28,29)/t19-,20-. The Morgan fingerprint density at radius 2 is 1.94 bits per heavy atom. The van der Waals surface area contributed by atoms with Crippen molar-refractivity contribution in [3.63, 3.8) is 0 Å². The zero-order valence-corrected chi connectivity index (χ0v) is 18.8. The number of hydrogen-bond acceptors (Lipinski definition) is 6. The van der Waals surface area contributed by atoms with Crippen LogP contribution in [0.5, 0.6) is 0 Å². The molecule has 0 radical (unpaired) electrons. The van der Waals surface area contributed by atoms with Gasteiger partial charge in [0.1, 0.15) is 5.65 Å². The fourth-order valence-corrected chi connectivity index (χ4v) is 4.79. The number of nitrogens with zero attached hydrogens (tertiary/aromatic N) is 3. The molecule has 0 atom stereocenters. The summed E-state index contributed by atoms with van der Waals surface area (Å²) in [6.07, 6.45) is 8.35. The second-order valence-corrected chi connectivity index (χ2v) is 9.05. The van der Waals surface area contributed by atoms with E-state index in [9.17, 15) is 5.11 Å². The molecule has 1 aliphatic heterocycles. The Hall–Kier alpha value is -2.48. The average molecular weight is 436 g/mol. The van der Waals surface area contributed by atoms with E-state index < -0.39 is 0 Å². The highest BCUT2D eigenvalue weighted by Gasteiger charge is 2.22. The number of aliphatic hydroxyl groups is 1. The number of ether oxygens (including phenoxy) is 1. The van der Waals surface area contributed by atoms with Gasteiger partial charge in [-0.3, -0.25) is 9.88 Å². The summed E-state index contributed by atoms with van der Waals surface area (Å²) < 4.78 is 5.45. The third-order valence-electron chi connectivity index (χ3n) is 6.75. The SMILES string of the molecule is CCc1cc2c(N[C@H]3CC[C@H](O)CC3)c(-c3ccc(CN4CCOCC4)cn3)cnc2[nH]1. The number of pyridine rings is 2. The van der Waals surface area contributed by atoms with E-state index in [0.29, 0.717) is 6.04 Å². The van der Waals surface area contributed by atoms with Crippen molar-refractivity contribution in [3.8, 4) is 11.3 Å². The summed E-state index contributed by atoms with van der Waals surface area (Å²) >= 11 is 0. The molecule has 170 valence electrons. The molecule has 0 spiro atoms. The van der Waals surface area contributed by atoms with Gasteiger partial charge in [-0.25, -0.2) is 4.98 Å². The molecule has 3 N–H and O–H groups in total. The Labute approximate surface area is 189 Å². The van der Waals surface area contributed by atoms with Crippen molar-refractivity contribution in [3.05, 3.63) is 41.9 Å². The number of nitrogens with one attached hydrogen (secondary N) is 2. The van der Waals surface area contributed by atoms with E-state index in [1.807, 2.05) is 12.4 Å². The van der Waals surface area contributed by atoms with E-state index in [0.717, 1.165) is 92.9 Å². The minimum Gasteiger partial charge on any atom is -0.393 e. The molecule has 2 fully saturated rings. The van der Waals surface area contributed by atoms with Crippen molar-refractivity contribution in [2.24, 2.45) is 0 Å². The van der Waals surface area contributed by atoms with Crippen LogP contribution in [0.25, 0.3) is 22.3 Å². The quantitative estimate of drug-likeness (QED) is 0.547. The molecular formula is C25H33N5O2. The van der Waals surface area contributed by atoms with Gasteiger partial charge in [0.2, 0.25) is 0 Å². The second-order valence-electron chi connectivity index (χ2n) is 9.05. The summed E-state index contributed by atoms with van der Waals surface area (Å²) in [5.41, 5.74) is 6.37. The third kappa shape index (κ3) is 4.65. The molecule has 1 saturated carbocycles. The number of H-pyrrole nitrogens is 1. The van der Waals surface area contributed by atoms with Gasteiger partial charge in [0.25, 0.3) is 0 Å². The number of aryl methyl sites for hydroxylation is 1. The Bertz CT molecular complexity index is 1030. The van der Waals surface area contributed by atoms with Gasteiger partial charge in [-0.2, -0.15) is 0 Å². The maximum absolute atomic E-state index is 9.91. The Morgan fingerprint density at radius 3 is 2.66 bits per heavy atom. The lowest BCUT2D eigenvalue weighted by molar-refractivity contribution is 0.0341. The monoisotopic (exact) mass is 435 g/mol. The maximum atomic E-state index is 9.91. The van der Waals surface area contributed by atoms with Crippen LogP contribution in [0.3, 0.4) is 0 Å². The zero-order chi connectivity index (χ0) is 21.9.